The summed E-state index contributed by atoms with van der Waals surface area (Å²) in [6, 6.07) is 23.2. The quantitative estimate of drug-likeness (QED) is 0.135. The normalized spacial score (nSPS) is 10.9. The Morgan fingerprint density at radius 1 is 0.973 bits per heavy atom. The molecular weight excluding hydrogens is 585 g/mol. The number of ether oxygens (including phenoxy) is 2. The number of phenols is 1. The number of anilines is 1. The summed E-state index contributed by atoms with van der Waals surface area (Å²) in [4.78, 5) is 24.9. The highest BCUT2D eigenvalue weighted by Gasteiger charge is 2.15. The van der Waals surface area contributed by atoms with E-state index in [0.717, 1.165) is 10.8 Å². The lowest BCUT2D eigenvalue weighted by Crippen LogP contribution is -2.20. The van der Waals surface area contributed by atoms with Gasteiger partial charge >= 0.3 is 0 Å². The Balaban J connectivity index is 1.44. The van der Waals surface area contributed by atoms with E-state index >= 15 is 0 Å². The number of benzene rings is 4. The molecule has 0 heterocycles. The summed E-state index contributed by atoms with van der Waals surface area (Å²) in [6.45, 7) is 2.04. The van der Waals surface area contributed by atoms with Crippen LogP contribution in [0.25, 0.3) is 10.8 Å². The van der Waals surface area contributed by atoms with Crippen LogP contribution in [0.1, 0.15) is 22.8 Å². The van der Waals surface area contributed by atoms with E-state index in [2.05, 4.69) is 38.4 Å². The largest absolute Gasteiger partial charge is 0.507 e. The second-order valence-corrected chi connectivity index (χ2v) is 9.04. The summed E-state index contributed by atoms with van der Waals surface area (Å²) >= 11 is 2.09. The number of fused-ring (bicyclic) bond motifs is 1. The Morgan fingerprint density at radius 2 is 1.68 bits per heavy atom. The number of carbonyl (C=O) groups excluding carboxylic acids is 2. The minimum Gasteiger partial charge on any atom is -0.507 e. The summed E-state index contributed by atoms with van der Waals surface area (Å²) in [6.07, 6.45) is 1.46. The number of phenolic OH excluding ortho intramolecular Hbond substituents is 1. The number of halogens is 1. The summed E-state index contributed by atoms with van der Waals surface area (Å²) in [5.41, 5.74) is 3.90. The van der Waals surface area contributed by atoms with E-state index < -0.39 is 5.91 Å². The number of hydrogen-bond acceptors (Lipinski definition) is 6. The fraction of sp³-hybridized carbons (Fsp3) is 0.107. The van der Waals surface area contributed by atoms with Crippen molar-refractivity contribution in [3.05, 3.63) is 93.6 Å². The molecular formula is C28H24IN3O5. The van der Waals surface area contributed by atoms with Crippen LogP contribution in [0.5, 0.6) is 17.2 Å². The molecule has 0 radical (unpaired) electrons. The average molecular weight is 609 g/mol. The molecule has 0 aromatic heterocycles. The first-order valence-corrected chi connectivity index (χ1v) is 12.5. The van der Waals surface area contributed by atoms with Crippen molar-refractivity contribution in [3.63, 3.8) is 0 Å². The summed E-state index contributed by atoms with van der Waals surface area (Å²) in [7, 11) is 0. The van der Waals surface area contributed by atoms with E-state index in [-0.39, 0.29) is 23.8 Å². The van der Waals surface area contributed by atoms with E-state index in [9.17, 15) is 14.7 Å². The van der Waals surface area contributed by atoms with Crippen molar-refractivity contribution in [1.82, 2.24) is 5.43 Å². The first-order valence-electron chi connectivity index (χ1n) is 11.4. The van der Waals surface area contributed by atoms with Crippen LogP contribution < -0.4 is 20.2 Å². The van der Waals surface area contributed by atoms with Gasteiger partial charge in [-0.05, 0) is 82.2 Å². The molecule has 0 saturated heterocycles. The van der Waals surface area contributed by atoms with Crippen LogP contribution in [0, 0.1) is 3.57 Å². The SMILES string of the molecule is CCOc1cc(C=NNC(=O)c2cc3ccccc3cc2O)cc(I)c1OCC(=O)Nc1ccccc1. The third-order valence-corrected chi connectivity index (χ3v) is 6.03. The number of nitrogens with one attached hydrogen (secondary N) is 2. The molecule has 0 atom stereocenters. The van der Waals surface area contributed by atoms with E-state index in [4.69, 9.17) is 9.47 Å². The monoisotopic (exact) mass is 609 g/mol. The molecule has 8 nitrogen and oxygen atoms in total. The molecule has 0 aliphatic carbocycles. The number of aromatic hydroxyl groups is 1. The number of nitrogens with zero attached hydrogens (tertiary/aromatic N) is 1. The third kappa shape index (κ3) is 6.76. The van der Waals surface area contributed by atoms with Gasteiger partial charge in [-0.2, -0.15) is 5.10 Å². The summed E-state index contributed by atoms with van der Waals surface area (Å²) in [5, 5.41) is 18.7. The highest BCUT2D eigenvalue weighted by molar-refractivity contribution is 14.1. The fourth-order valence-electron chi connectivity index (χ4n) is 3.56. The van der Waals surface area contributed by atoms with Gasteiger partial charge in [-0.25, -0.2) is 5.43 Å². The van der Waals surface area contributed by atoms with Crippen molar-refractivity contribution in [1.29, 1.82) is 0 Å². The van der Waals surface area contributed by atoms with Gasteiger partial charge in [-0.3, -0.25) is 9.59 Å². The Hall–Kier alpha value is -4.12. The highest BCUT2D eigenvalue weighted by atomic mass is 127. The molecule has 4 rings (SSSR count). The second kappa shape index (κ2) is 12.2. The lowest BCUT2D eigenvalue weighted by atomic mass is 10.1. The molecule has 0 saturated carbocycles. The molecule has 0 unspecified atom stereocenters. The fourth-order valence-corrected chi connectivity index (χ4v) is 4.34. The van der Waals surface area contributed by atoms with E-state index in [0.29, 0.717) is 32.9 Å². The van der Waals surface area contributed by atoms with E-state index in [1.807, 2.05) is 49.4 Å². The van der Waals surface area contributed by atoms with Crippen LogP contribution in [-0.4, -0.2) is 36.3 Å². The third-order valence-electron chi connectivity index (χ3n) is 5.23. The second-order valence-electron chi connectivity index (χ2n) is 7.88. The maximum absolute atomic E-state index is 12.6. The van der Waals surface area contributed by atoms with Crippen molar-refractivity contribution in [2.24, 2.45) is 5.10 Å². The number of rotatable bonds is 9. The van der Waals surface area contributed by atoms with Gasteiger partial charge in [0.2, 0.25) is 0 Å². The predicted octanol–water partition coefficient (Wildman–Crippen LogP) is 5.33. The summed E-state index contributed by atoms with van der Waals surface area (Å²) < 4.78 is 12.2. The molecule has 0 fully saturated rings. The smallest absolute Gasteiger partial charge is 0.275 e. The zero-order valence-electron chi connectivity index (χ0n) is 19.9. The van der Waals surface area contributed by atoms with Crippen LogP contribution in [0.15, 0.2) is 84.0 Å². The van der Waals surface area contributed by atoms with Crippen molar-refractivity contribution in [3.8, 4) is 17.2 Å². The van der Waals surface area contributed by atoms with Crippen LogP contribution in [0.2, 0.25) is 0 Å². The average Bonchev–Trinajstić information content (AvgIpc) is 2.88. The zero-order chi connectivity index (χ0) is 26.2. The van der Waals surface area contributed by atoms with Crippen molar-refractivity contribution >= 4 is 57.1 Å². The van der Waals surface area contributed by atoms with Gasteiger partial charge in [0.25, 0.3) is 11.8 Å². The van der Waals surface area contributed by atoms with Gasteiger partial charge in [0.1, 0.15) is 5.75 Å². The molecule has 4 aromatic rings. The Kier molecular flexibility index (Phi) is 8.57. The van der Waals surface area contributed by atoms with E-state index in [1.54, 1.807) is 36.4 Å². The standard InChI is InChI=1S/C28H24IN3O5/c1-2-36-25-13-18(12-23(29)27(25)37-17-26(34)31-21-10-4-3-5-11-21)16-30-32-28(35)22-14-19-8-6-7-9-20(19)15-24(22)33/h3-16,33H,2,17H2,1H3,(H,31,34)(H,32,35). The molecule has 4 aromatic carbocycles. The first kappa shape index (κ1) is 26.0. The number of hydrogen-bond donors (Lipinski definition) is 3. The van der Waals surface area contributed by atoms with Gasteiger partial charge < -0.3 is 19.9 Å². The molecule has 3 N–H and O–H groups in total. The van der Waals surface area contributed by atoms with Crippen molar-refractivity contribution in [2.75, 3.05) is 18.5 Å². The van der Waals surface area contributed by atoms with Gasteiger partial charge in [0.05, 0.1) is 22.0 Å². The van der Waals surface area contributed by atoms with Crippen LogP contribution in [-0.2, 0) is 4.79 Å². The molecule has 188 valence electrons. The van der Waals surface area contributed by atoms with Crippen LogP contribution >= 0.6 is 22.6 Å². The maximum Gasteiger partial charge on any atom is 0.275 e. The Morgan fingerprint density at radius 3 is 2.41 bits per heavy atom. The minimum absolute atomic E-state index is 0.123. The topological polar surface area (TPSA) is 109 Å². The van der Waals surface area contributed by atoms with E-state index in [1.165, 1.54) is 6.21 Å². The lowest BCUT2D eigenvalue weighted by molar-refractivity contribution is -0.118. The Labute approximate surface area is 227 Å². The zero-order valence-corrected chi connectivity index (χ0v) is 22.1. The van der Waals surface area contributed by atoms with Crippen molar-refractivity contribution in [2.45, 2.75) is 6.92 Å². The van der Waals surface area contributed by atoms with Crippen molar-refractivity contribution < 1.29 is 24.2 Å². The molecule has 2 amide bonds. The maximum atomic E-state index is 12.6. The molecule has 0 bridgehead atoms. The number of para-hydroxylation sites is 1. The Bertz CT molecular complexity index is 1460. The van der Waals surface area contributed by atoms with Crippen LogP contribution in [0.3, 0.4) is 0 Å². The molecule has 0 spiro atoms. The first-order chi connectivity index (χ1) is 17.9. The van der Waals surface area contributed by atoms with Gasteiger partial charge in [-0.15, -0.1) is 0 Å². The number of amides is 2. The van der Waals surface area contributed by atoms with Gasteiger partial charge in [-0.1, -0.05) is 42.5 Å². The molecule has 9 heteroatoms. The molecule has 37 heavy (non-hydrogen) atoms. The minimum atomic E-state index is -0.538. The van der Waals surface area contributed by atoms with Gasteiger partial charge in [0.15, 0.2) is 18.1 Å². The molecule has 0 aliphatic heterocycles. The van der Waals surface area contributed by atoms with Gasteiger partial charge in [0, 0.05) is 5.69 Å². The number of carbonyl (C=O) groups is 2. The summed E-state index contributed by atoms with van der Waals surface area (Å²) in [5.74, 6) is -0.0782. The molecule has 0 aliphatic rings. The highest BCUT2D eigenvalue weighted by Crippen LogP contribution is 2.34. The van der Waals surface area contributed by atoms with Crippen LogP contribution in [0.4, 0.5) is 5.69 Å². The predicted molar refractivity (Wildman–Crippen MR) is 152 cm³/mol. The number of hydrazone groups is 1. The lowest BCUT2D eigenvalue weighted by Gasteiger charge is -2.14.